The summed E-state index contributed by atoms with van der Waals surface area (Å²) in [6.45, 7) is 2.73. The van der Waals surface area contributed by atoms with Crippen LogP contribution in [0.5, 0.6) is 5.75 Å². The van der Waals surface area contributed by atoms with Gasteiger partial charge in [0.15, 0.2) is 6.61 Å². The molecule has 3 rings (SSSR count). The Morgan fingerprint density at radius 1 is 1.30 bits per heavy atom. The van der Waals surface area contributed by atoms with Gasteiger partial charge in [0, 0.05) is 22.8 Å². The average Bonchev–Trinajstić information content (AvgIpc) is 2.71. The highest BCUT2D eigenvalue weighted by Gasteiger charge is 2.24. The zero-order chi connectivity index (χ0) is 16.2. The maximum absolute atomic E-state index is 13.2. The first-order valence-electron chi connectivity index (χ1n) is 7.58. The first-order chi connectivity index (χ1) is 11.1. The molecule has 1 heterocycles. The van der Waals surface area contributed by atoms with Gasteiger partial charge in [-0.15, -0.1) is 11.8 Å². The van der Waals surface area contributed by atoms with Crippen LogP contribution in [-0.4, -0.2) is 24.3 Å². The van der Waals surface area contributed by atoms with Crippen LogP contribution in [0.2, 0.25) is 0 Å². The summed E-state index contributed by atoms with van der Waals surface area (Å²) < 4.78 is 18.6. The zero-order valence-corrected chi connectivity index (χ0v) is 13.7. The van der Waals surface area contributed by atoms with Gasteiger partial charge in [-0.25, -0.2) is 4.39 Å². The Morgan fingerprint density at radius 2 is 2.13 bits per heavy atom. The predicted molar refractivity (Wildman–Crippen MR) is 90.6 cm³/mol. The lowest BCUT2D eigenvalue weighted by molar-refractivity contribution is -0.120. The summed E-state index contributed by atoms with van der Waals surface area (Å²) in [7, 11) is 0. The number of nitrogens with zero attached hydrogens (tertiary/aromatic N) is 1. The van der Waals surface area contributed by atoms with Crippen LogP contribution < -0.4 is 9.64 Å². The molecule has 0 bridgehead atoms. The molecule has 0 spiro atoms. The topological polar surface area (TPSA) is 29.5 Å². The van der Waals surface area contributed by atoms with Crippen LogP contribution in [0, 0.1) is 5.82 Å². The smallest absolute Gasteiger partial charge is 0.264 e. The first-order valence-corrected chi connectivity index (χ1v) is 8.46. The molecule has 0 aromatic heterocycles. The van der Waals surface area contributed by atoms with E-state index in [2.05, 4.69) is 6.92 Å². The molecule has 1 atom stereocenters. The molecule has 1 amide bonds. The number of carbonyl (C=O) groups excluding carboxylic acids is 1. The van der Waals surface area contributed by atoms with Crippen molar-refractivity contribution in [3.8, 4) is 5.75 Å². The van der Waals surface area contributed by atoms with E-state index in [1.54, 1.807) is 28.8 Å². The van der Waals surface area contributed by atoms with Gasteiger partial charge in [0.1, 0.15) is 11.6 Å². The number of anilines is 1. The van der Waals surface area contributed by atoms with Crippen LogP contribution in [0.25, 0.3) is 0 Å². The number of hydrogen-bond acceptors (Lipinski definition) is 3. The van der Waals surface area contributed by atoms with E-state index in [1.807, 2.05) is 24.3 Å². The fourth-order valence-corrected chi connectivity index (χ4v) is 3.64. The van der Waals surface area contributed by atoms with Gasteiger partial charge in [-0.05, 0) is 30.7 Å². The Kier molecular flexibility index (Phi) is 4.86. The number of fused-ring (bicyclic) bond motifs is 1. The highest BCUT2D eigenvalue weighted by Crippen LogP contribution is 2.37. The lowest BCUT2D eigenvalue weighted by atomic mass is 10.2. The summed E-state index contributed by atoms with van der Waals surface area (Å²) in [5.41, 5.74) is 0.926. The quantitative estimate of drug-likeness (QED) is 0.847. The first kappa shape index (κ1) is 15.9. The lowest BCUT2D eigenvalue weighted by Crippen LogP contribution is -2.36. The van der Waals surface area contributed by atoms with Gasteiger partial charge in [-0.2, -0.15) is 0 Å². The monoisotopic (exact) mass is 331 g/mol. The van der Waals surface area contributed by atoms with Crippen molar-refractivity contribution in [2.45, 2.75) is 23.5 Å². The molecule has 23 heavy (non-hydrogen) atoms. The Labute approximate surface area is 139 Å². The summed E-state index contributed by atoms with van der Waals surface area (Å²) in [4.78, 5) is 15.5. The second-order valence-electron chi connectivity index (χ2n) is 5.48. The number of para-hydroxylation sites is 1. The molecule has 1 aliphatic heterocycles. The van der Waals surface area contributed by atoms with E-state index in [9.17, 15) is 9.18 Å². The van der Waals surface area contributed by atoms with Crippen molar-refractivity contribution < 1.29 is 13.9 Å². The van der Waals surface area contributed by atoms with Gasteiger partial charge < -0.3 is 9.64 Å². The van der Waals surface area contributed by atoms with E-state index in [-0.39, 0.29) is 18.3 Å². The van der Waals surface area contributed by atoms with Crippen molar-refractivity contribution in [1.29, 1.82) is 0 Å². The minimum atomic E-state index is -0.375. The molecule has 0 fully saturated rings. The van der Waals surface area contributed by atoms with E-state index in [1.165, 1.54) is 12.1 Å². The van der Waals surface area contributed by atoms with Gasteiger partial charge >= 0.3 is 0 Å². The van der Waals surface area contributed by atoms with Crippen molar-refractivity contribution in [2.75, 3.05) is 18.1 Å². The third kappa shape index (κ3) is 3.85. The van der Waals surface area contributed by atoms with Crippen molar-refractivity contribution >= 4 is 23.4 Å². The van der Waals surface area contributed by atoms with Crippen LogP contribution in [0.15, 0.2) is 53.4 Å². The number of rotatable bonds is 3. The van der Waals surface area contributed by atoms with Gasteiger partial charge in [0.2, 0.25) is 0 Å². The van der Waals surface area contributed by atoms with E-state index in [0.717, 1.165) is 17.0 Å². The van der Waals surface area contributed by atoms with Gasteiger partial charge in [-0.1, -0.05) is 25.1 Å². The summed E-state index contributed by atoms with van der Waals surface area (Å²) in [5.74, 6) is -0.124. The van der Waals surface area contributed by atoms with E-state index in [0.29, 0.717) is 17.5 Å². The highest BCUT2D eigenvalue weighted by atomic mass is 32.2. The Balaban J connectivity index is 1.74. The molecule has 2 aromatic rings. The number of hydrogen-bond donors (Lipinski definition) is 0. The summed E-state index contributed by atoms with van der Waals surface area (Å²) >= 11 is 1.79. The van der Waals surface area contributed by atoms with Crippen LogP contribution >= 0.6 is 11.8 Å². The Bertz CT molecular complexity index is 707. The van der Waals surface area contributed by atoms with E-state index >= 15 is 0 Å². The van der Waals surface area contributed by atoms with E-state index < -0.39 is 0 Å². The number of thioether (sulfide) groups is 1. The van der Waals surface area contributed by atoms with Gasteiger partial charge in [-0.3, -0.25) is 4.79 Å². The minimum absolute atomic E-state index is 0.100. The van der Waals surface area contributed by atoms with Gasteiger partial charge in [0.05, 0.1) is 5.69 Å². The molecule has 2 aromatic carbocycles. The third-order valence-electron chi connectivity index (χ3n) is 3.70. The highest BCUT2D eigenvalue weighted by molar-refractivity contribution is 8.00. The summed E-state index contributed by atoms with van der Waals surface area (Å²) in [6, 6.07) is 13.7. The van der Waals surface area contributed by atoms with Crippen molar-refractivity contribution in [3.63, 3.8) is 0 Å². The predicted octanol–water partition coefficient (Wildman–Crippen LogP) is 4.12. The normalized spacial score (nSPS) is 17.3. The summed E-state index contributed by atoms with van der Waals surface area (Å²) in [5, 5.41) is 0.457. The molecule has 0 saturated heterocycles. The van der Waals surface area contributed by atoms with Crippen LogP contribution in [0.4, 0.5) is 10.1 Å². The number of amides is 1. The molecule has 0 radical (unpaired) electrons. The van der Waals surface area contributed by atoms with Crippen LogP contribution in [-0.2, 0) is 4.79 Å². The number of benzene rings is 2. The molecule has 5 heteroatoms. The maximum Gasteiger partial charge on any atom is 0.264 e. The largest absolute Gasteiger partial charge is 0.484 e. The van der Waals surface area contributed by atoms with Crippen molar-refractivity contribution in [3.05, 3.63) is 54.3 Å². The second-order valence-corrected chi connectivity index (χ2v) is 6.96. The molecular formula is C18H18FNO2S. The molecule has 0 saturated carbocycles. The Hall–Kier alpha value is -2.01. The molecular weight excluding hydrogens is 313 g/mol. The average molecular weight is 331 g/mol. The fraction of sp³-hybridized carbons (Fsp3) is 0.278. The van der Waals surface area contributed by atoms with Gasteiger partial charge in [0.25, 0.3) is 5.91 Å². The Morgan fingerprint density at radius 3 is 2.96 bits per heavy atom. The lowest BCUT2D eigenvalue weighted by Gasteiger charge is -2.22. The fourth-order valence-electron chi connectivity index (χ4n) is 2.53. The van der Waals surface area contributed by atoms with Crippen molar-refractivity contribution in [1.82, 2.24) is 0 Å². The number of ether oxygens (including phenoxy) is 1. The minimum Gasteiger partial charge on any atom is -0.484 e. The molecule has 3 nitrogen and oxygen atoms in total. The third-order valence-corrected chi connectivity index (χ3v) is 4.94. The van der Waals surface area contributed by atoms with Crippen molar-refractivity contribution in [2.24, 2.45) is 0 Å². The SMILES string of the molecule is CC1CCN(C(=O)COc2cccc(F)c2)c2ccccc2S1. The van der Waals surface area contributed by atoms with E-state index in [4.69, 9.17) is 4.74 Å². The molecule has 120 valence electrons. The van der Waals surface area contributed by atoms with Crippen LogP contribution in [0.3, 0.4) is 0 Å². The molecule has 0 aliphatic carbocycles. The molecule has 0 N–H and O–H groups in total. The standard InChI is InChI=1S/C18H18FNO2S/c1-13-9-10-20(16-7-2-3-8-17(16)23-13)18(21)12-22-15-6-4-5-14(19)11-15/h2-8,11,13H,9-10,12H2,1H3. The number of carbonyl (C=O) groups is 1. The van der Waals surface area contributed by atoms with Crippen LogP contribution in [0.1, 0.15) is 13.3 Å². The second kappa shape index (κ2) is 7.04. The summed E-state index contributed by atoms with van der Waals surface area (Å²) in [6.07, 6.45) is 0.922. The molecule has 1 unspecified atom stereocenters. The molecule has 1 aliphatic rings. The zero-order valence-electron chi connectivity index (χ0n) is 12.9. The maximum atomic E-state index is 13.2. The number of halogens is 1.